The van der Waals surface area contributed by atoms with Gasteiger partial charge in [0, 0.05) is 13.2 Å². The van der Waals surface area contributed by atoms with E-state index in [1.165, 1.54) is 0 Å². The molecule has 18 heavy (non-hydrogen) atoms. The summed E-state index contributed by atoms with van der Waals surface area (Å²) in [6.45, 7) is 7.69. The van der Waals surface area contributed by atoms with Crippen molar-refractivity contribution in [3.8, 4) is 0 Å². The van der Waals surface area contributed by atoms with Crippen molar-refractivity contribution in [3.63, 3.8) is 0 Å². The largest absolute Gasteiger partial charge is 0.380 e. The Morgan fingerprint density at radius 1 is 1.56 bits per heavy atom. The number of nitrogens with one attached hydrogen (secondary N) is 3. The molecule has 1 aliphatic heterocycles. The molecule has 2 amide bonds. The molecule has 6 heteroatoms. The molecule has 0 bridgehead atoms. The van der Waals surface area contributed by atoms with Gasteiger partial charge in [-0.15, -0.1) is 0 Å². The number of ether oxygens (including phenoxy) is 1. The van der Waals surface area contributed by atoms with E-state index in [1.54, 1.807) is 0 Å². The molecule has 0 saturated carbocycles. The van der Waals surface area contributed by atoms with Crippen molar-refractivity contribution >= 4 is 11.8 Å². The van der Waals surface area contributed by atoms with E-state index in [-0.39, 0.29) is 30.4 Å². The Kier molecular flexibility index (Phi) is 6.07. The summed E-state index contributed by atoms with van der Waals surface area (Å²) >= 11 is 0. The fraction of sp³-hybridized carbons (Fsp3) is 0.833. The van der Waals surface area contributed by atoms with Crippen LogP contribution in [0.4, 0.5) is 0 Å². The molecule has 1 saturated heterocycles. The summed E-state index contributed by atoms with van der Waals surface area (Å²) in [5.74, 6) is 0.140. The van der Waals surface area contributed by atoms with Gasteiger partial charge in [0.15, 0.2) is 0 Å². The topological polar surface area (TPSA) is 79.5 Å². The second kappa shape index (κ2) is 7.33. The normalized spacial score (nSPS) is 21.6. The summed E-state index contributed by atoms with van der Waals surface area (Å²) in [4.78, 5) is 23.0. The van der Waals surface area contributed by atoms with Crippen molar-refractivity contribution in [3.05, 3.63) is 0 Å². The van der Waals surface area contributed by atoms with Gasteiger partial charge < -0.3 is 15.4 Å². The van der Waals surface area contributed by atoms with Crippen LogP contribution >= 0.6 is 0 Å². The average Bonchev–Trinajstić information content (AvgIpc) is 2.34. The molecule has 2 atom stereocenters. The fourth-order valence-electron chi connectivity index (χ4n) is 1.68. The summed E-state index contributed by atoms with van der Waals surface area (Å²) in [5.41, 5.74) is 0. The Morgan fingerprint density at radius 2 is 2.28 bits per heavy atom. The van der Waals surface area contributed by atoms with Crippen LogP contribution in [0, 0.1) is 5.92 Å². The van der Waals surface area contributed by atoms with Gasteiger partial charge in [0.25, 0.3) is 0 Å². The minimum atomic E-state index is -0.356. The lowest BCUT2D eigenvalue weighted by Crippen LogP contribution is -2.59. The van der Waals surface area contributed by atoms with E-state index in [9.17, 15) is 9.59 Å². The molecule has 6 nitrogen and oxygen atoms in total. The molecule has 0 radical (unpaired) electrons. The number of carbonyl (C=O) groups excluding carboxylic acids is 2. The first-order chi connectivity index (χ1) is 8.54. The maximum atomic E-state index is 12.0. The Morgan fingerprint density at radius 3 is 2.78 bits per heavy atom. The molecule has 1 aliphatic rings. The first kappa shape index (κ1) is 14.9. The number of hydrogen-bond donors (Lipinski definition) is 3. The van der Waals surface area contributed by atoms with Gasteiger partial charge in [-0.05, 0) is 12.8 Å². The summed E-state index contributed by atoms with van der Waals surface area (Å²) < 4.78 is 5.36. The lowest BCUT2D eigenvalue weighted by atomic mass is 10.0. The number of amides is 2. The molecule has 1 heterocycles. The Balaban J connectivity index is 2.42. The molecule has 3 N–H and O–H groups in total. The van der Waals surface area contributed by atoms with E-state index in [4.69, 9.17) is 4.74 Å². The van der Waals surface area contributed by atoms with Crippen LogP contribution in [0.3, 0.4) is 0 Å². The summed E-state index contributed by atoms with van der Waals surface area (Å²) in [6.07, 6.45) is 0. The van der Waals surface area contributed by atoms with Crippen LogP contribution in [-0.2, 0) is 14.3 Å². The van der Waals surface area contributed by atoms with Crippen molar-refractivity contribution in [1.29, 1.82) is 0 Å². The van der Waals surface area contributed by atoms with Crippen molar-refractivity contribution < 1.29 is 14.3 Å². The third kappa shape index (κ3) is 4.62. The predicted molar refractivity (Wildman–Crippen MR) is 68.1 cm³/mol. The molecule has 0 aromatic carbocycles. The Labute approximate surface area is 108 Å². The summed E-state index contributed by atoms with van der Waals surface area (Å²) in [5, 5.41) is 8.53. The van der Waals surface area contributed by atoms with Crippen LogP contribution in [0.5, 0.6) is 0 Å². The highest BCUT2D eigenvalue weighted by Gasteiger charge is 2.26. The van der Waals surface area contributed by atoms with Crippen molar-refractivity contribution in [2.45, 2.75) is 32.9 Å². The third-order valence-electron chi connectivity index (χ3n) is 2.96. The Bertz CT molecular complexity index is 284. The second-order valence-electron chi connectivity index (χ2n) is 4.76. The summed E-state index contributed by atoms with van der Waals surface area (Å²) in [6, 6.07) is -0.359. The molecule has 1 rings (SSSR count). The van der Waals surface area contributed by atoms with E-state index in [0.717, 1.165) is 0 Å². The van der Waals surface area contributed by atoms with Gasteiger partial charge in [-0.3, -0.25) is 14.9 Å². The maximum absolute atomic E-state index is 12.0. The minimum Gasteiger partial charge on any atom is -0.380 e. The lowest BCUT2D eigenvalue weighted by Gasteiger charge is -2.27. The van der Waals surface area contributed by atoms with Crippen LogP contribution < -0.4 is 16.0 Å². The van der Waals surface area contributed by atoms with Gasteiger partial charge in [-0.2, -0.15) is 0 Å². The molecular formula is C12H23N3O3. The number of carbonyl (C=O) groups is 2. The fourth-order valence-corrected chi connectivity index (χ4v) is 1.68. The van der Waals surface area contributed by atoms with E-state index in [2.05, 4.69) is 16.0 Å². The molecule has 0 aromatic heterocycles. The summed E-state index contributed by atoms with van der Waals surface area (Å²) in [7, 11) is 0. The van der Waals surface area contributed by atoms with Crippen molar-refractivity contribution in [2.75, 3.05) is 26.3 Å². The smallest absolute Gasteiger partial charge is 0.239 e. The van der Waals surface area contributed by atoms with E-state index in [1.807, 2.05) is 20.8 Å². The first-order valence-electron chi connectivity index (χ1n) is 6.42. The van der Waals surface area contributed by atoms with Gasteiger partial charge in [0.2, 0.25) is 11.8 Å². The van der Waals surface area contributed by atoms with E-state index >= 15 is 0 Å². The van der Waals surface area contributed by atoms with Gasteiger partial charge >= 0.3 is 0 Å². The third-order valence-corrected chi connectivity index (χ3v) is 2.96. The van der Waals surface area contributed by atoms with Crippen LogP contribution in [0.15, 0.2) is 0 Å². The molecule has 0 aliphatic carbocycles. The average molecular weight is 257 g/mol. The first-order valence-corrected chi connectivity index (χ1v) is 6.42. The zero-order valence-corrected chi connectivity index (χ0v) is 11.3. The minimum absolute atomic E-state index is 0.00289. The van der Waals surface area contributed by atoms with Crippen molar-refractivity contribution in [1.82, 2.24) is 16.0 Å². The lowest BCUT2D eigenvalue weighted by molar-refractivity contribution is -0.127. The zero-order chi connectivity index (χ0) is 13.5. The second-order valence-corrected chi connectivity index (χ2v) is 4.76. The van der Waals surface area contributed by atoms with Crippen LogP contribution in [0.2, 0.25) is 0 Å². The Hall–Kier alpha value is -1.14. The molecular weight excluding hydrogens is 234 g/mol. The SMILES string of the molecule is CCOCC(NC(=O)C1CNC(=O)CN1)C(C)C. The highest BCUT2D eigenvalue weighted by atomic mass is 16.5. The molecule has 0 spiro atoms. The van der Waals surface area contributed by atoms with Crippen LogP contribution in [0.1, 0.15) is 20.8 Å². The maximum Gasteiger partial charge on any atom is 0.239 e. The van der Waals surface area contributed by atoms with Gasteiger partial charge in [0.05, 0.1) is 19.2 Å². The van der Waals surface area contributed by atoms with Crippen LogP contribution in [0.25, 0.3) is 0 Å². The molecule has 104 valence electrons. The highest BCUT2D eigenvalue weighted by Crippen LogP contribution is 2.03. The van der Waals surface area contributed by atoms with Gasteiger partial charge in [-0.25, -0.2) is 0 Å². The predicted octanol–water partition coefficient (Wildman–Crippen LogP) is -0.748. The van der Waals surface area contributed by atoms with Crippen molar-refractivity contribution in [2.24, 2.45) is 5.92 Å². The molecule has 2 unspecified atom stereocenters. The van der Waals surface area contributed by atoms with E-state index in [0.29, 0.717) is 25.7 Å². The van der Waals surface area contributed by atoms with E-state index < -0.39 is 0 Å². The standard InChI is InChI=1S/C12H23N3O3/c1-4-18-7-10(8(2)3)15-12(17)9-5-14-11(16)6-13-9/h8-10,13H,4-7H2,1-3H3,(H,14,16)(H,15,17). The monoisotopic (exact) mass is 257 g/mol. The highest BCUT2D eigenvalue weighted by molar-refractivity contribution is 5.86. The number of rotatable bonds is 6. The molecule has 1 fully saturated rings. The molecule has 0 aromatic rings. The van der Waals surface area contributed by atoms with Gasteiger partial charge in [0.1, 0.15) is 6.04 Å². The quantitative estimate of drug-likeness (QED) is 0.585. The number of hydrogen-bond acceptors (Lipinski definition) is 4. The van der Waals surface area contributed by atoms with Crippen LogP contribution in [-0.4, -0.2) is 50.2 Å². The van der Waals surface area contributed by atoms with Gasteiger partial charge in [-0.1, -0.05) is 13.8 Å². The number of piperazine rings is 1. The zero-order valence-electron chi connectivity index (χ0n) is 11.3.